The number of H-pyrrole nitrogens is 1. The normalized spacial score (nSPS) is 14.5. The Balaban J connectivity index is 1.18. The number of carbonyl (C=O) groups is 3. The third-order valence-electron chi connectivity index (χ3n) is 8.58. The van der Waals surface area contributed by atoms with Gasteiger partial charge in [0.25, 0.3) is 0 Å². The number of tetrazole rings is 1. The third-order valence-corrected chi connectivity index (χ3v) is 8.58. The number of ether oxygens (including phenoxy) is 3. The van der Waals surface area contributed by atoms with Crippen LogP contribution in [0.25, 0.3) is 22.5 Å². The van der Waals surface area contributed by atoms with E-state index in [0.29, 0.717) is 36.3 Å². The molecule has 0 aliphatic heterocycles. The molecule has 11 nitrogen and oxygen atoms in total. The maximum absolute atomic E-state index is 13.5. The molecule has 1 fully saturated rings. The summed E-state index contributed by atoms with van der Waals surface area (Å²) in [6, 6.07) is 22.9. The van der Waals surface area contributed by atoms with Crippen LogP contribution in [0.1, 0.15) is 86.7 Å². The molecule has 5 rings (SSSR count). The highest BCUT2D eigenvalue weighted by Gasteiger charge is 2.25. The summed E-state index contributed by atoms with van der Waals surface area (Å²) < 4.78 is 16.1. The quantitative estimate of drug-likeness (QED) is 0.107. The summed E-state index contributed by atoms with van der Waals surface area (Å²) in [6.45, 7) is 3.93. The van der Waals surface area contributed by atoms with Gasteiger partial charge in [-0.2, -0.15) is 5.21 Å². The van der Waals surface area contributed by atoms with Crippen LogP contribution >= 0.6 is 0 Å². The number of aromatic amines is 1. The van der Waals surface area contributed by atoms with Crippen molar-refractivity contribution in [2.45, 2.75) is 90.6 Å². The van der Waals surface area contributed by atoms with Crippen LogP contribution in [0.4, 0.5) is 4.79 Å². The third kappa shape index (κ3) is 9.49. The van der Waals surface area contributed by atoms with E-state index in [0.717, 1.165) is 67.2 Å². The molecule has 4 aromatic rings. The number of hydrogen-bond acceptors (Lipinski definition) is 9. The number of esters is 1. The van der Waals surface area contributed by atoms with Crippen molar-refractivity contribution in [1.82, 2.24) is 25.9 Å². The minimum absolute atomic E-state index is 0.0830. The minimum Gasteiger partial charge on any atom is -0.431 e. The van der Waals surface area contributed by atoms with Gasteiger partial charge in [0.2, 0.25) is 18.0 Å². The van der Waals surface area contributed by atoms with Crippen LogP contribution in [0.2, 0.25) is 0 Å². The zero-order valence-electron chi connectivity index (χ0n) is 27.5. The Morgan fingerprint density at radius 1 is 0.917 bits per heavy atom. The van der Waals surface area contributed by atoms with Gasteiger partial charge in [0.05, 0.1) is 5.56 Å². The van der Waals surface area contributed by atoms with Gasteiger partial charge in [0.15, 0.2) is 0 Å². The molecule has 2 unspecified atom stereocenters. The molecule has 1 heterocycles. The average molecular weight is 654 g/mol. The van der Waals surface area contributed by atoms with Crippen LogP contribution in [-0.4, -0.2) is 51.0 Å². The van der Waals surface area contributed by atoms with Crippen LogP contribution in [-0.2, 0) is 32.0 Å². The first-order valence-corrected chi connectivity index (χ1v) is 16.8. The highest BCUT2D eigenvalue weighted by Crippen LogP contribution is 2.30. The number of carbonyl (C=O) groups excluding carboxylic acids is 3. The molecule has 1 saturated carbocycles. The van der Waals surface area contributed by atoms with Crippen LogP contribution in [0.3, 0.4) is 0 Å². The van der Waals surface area contributed by atoms with Gasteiger partial charge >= 0.3 is 12.1 Å². The van der Waals surface area contributed by atoms with Crippen molar-refractivity contribution in [3.63, 3.8) is 0 Å². The molecule has 11 heteroatoms. The molecular weight excluding hydrogens is 610 g/mol. The molecular formula is C37H43N5O6. The highest BCUT2D eigenvalue weighted by molar-refractivity contribution is 5.91. The molecule has 2 N–H and O–H groups in total. The van der Waals surface area contributed by atoms with Crippen molar-refractivity contribution < 1.29 is 28.6 Å². The fourth-order valence-electron chi connectivity index (χ4n) is 6.00. The van der Waals surface area contributed by atoms with Gasteiger partial charge in [0.1, 0.15) is 6.10 Å². The standard InChI is InChI=1S/C37H43N5O6/c1-3-4-12-29(23-28-13-8-9-17-32(28)36(44)46-25(2)47-37(45)48-30-14-6-5-7-15-30)35(43)38-24-26-19-21-27(22-20-26)31-16-10-11-18-33(31)34-39-41-42-40-34/h8-11,13,16-22,25,29-30H,3-7,12,14-15,23-24H2,1-2H3,(H,38,43)(H,39,40,41,42). The van der Waals surface area contributed by atoms with E-state index < -0.39 is 18.4 Å². The van der Waals surface area contributed by atoms with Gasteiger partial charge in [0, 0.05) is 24.9 Å². The van der Waals surface area contributed by atoms with E-state index in [-0.39, 0.29) is 17.9 Å². The predicted octanol–water partition coefficient (Wildman–Crippen LogP) is 7.19. The highest BCUT2D eigenvalue weighted by atomic mass is 16.8. The molecule has 2 atom stereocenters. The second-order valence-corrected chi connectivity index (χ2v) is 12.1. The van der Waals surface area contributed by atoms with Crippen molar-refractivity contribution in [2.24, 2.45) is 5.92 Å². The Kier molecular flexibility index (Phi) is 12.3. The molecule has 1 aliphatic carbocycles. The first-order valence-electron chi connectivity index (χ1n) is 16.8. The maximum Gasteiger partial charge on any atom is 0.511 e. The lowest BCUT2D eigenvalue weighted by atomic mass is 9.91. The van der Waals surface area contributed by atoms with E-state index in [2.05, 4.69) is 32.9 Å². The first kappa shape index (κ1) is 34.3. The van der Waals surface area contributed by atoms with E-state index in [9.17, 15) is 14.4 Å². The monoisotopic (exact) mass is 653 g/mol. The fraction of sp³-hybridized carbons (Fsp3) is 0.405. The summed E-state index contributed by atoms with van der Waals surface area (Å²) in [5, 5.41) is 17.5. The van der Waals surface area contributed by atoms with Crippen molar-refractivity contribution in [3.8, 4) is 22.5 Å². The van der Waals surface area contributed by atoms with Crippen molar-refractivity contribution in [3.05, 3.63) is 89.5 Å². The summed E-state index contributed by atoms with van der Waals surface area (Å²) in [5.74, 6) is -0.536. The smallest absolute Gasteiger partial charge is 0.431 e. The summed E-state index contributed by atoms with van der Waals surface area (Å²) in [7, 11) is 0. The summed E-state index contributed by atoms with van der Waals surface area (Å²) in [5.41, 5.74) is 4.83. The molecule has 0 radical (unpaired) electrons. The van der Waals surface area contributed by atoms with Gasteiger partial charge in [-0.05, 0) is 72.1 Å². The number of benzene rings is 3. The molecule has 1 amide bonds. The van der Waals surface area contributed by atoms with Crippen molar-refractivity contribution >= 4 is 18.0 Å². The zero-order valence-corrected chi connectivity index (χ0v) is 27.5. The molecule has 0 bridgehead atoms. The maximum atomic E-state index is 13.5. The molecule has 1 aliphatic rings. The van der Waals surface area contributed by atoms with E-state index in [1.165, 1.54) is 6.92 Å². The summed E-state index contributed by atoms with van der Waals surface area (Å²) >= 11 is 0. The van der Waals surface area contributed by atoms with E-state index in [4.69, 9.17) is 14.2 Å². The molecule has 3 aromatic carbocycles. The summed E-state index contributed by atoms with van der Waals surface area (Å²) in [4.78, 5) is 38.9. The second kappa shape index (κ2) is 17.2. The Hall–Kier alpha value is -5.06. The average Bonchev–Trinajstić information content (AvgIpc) is 3.65. The fourth-order valence-corrected chi connectivity index (χ4v) is 6.00. The van der Waals surface area contributed by atoms with Crippen molar-refractivity contribution in [2.75, 3.05) is 0 Å². The lowest BCUT2D eigenvalue weighted by Crippen LogP contribution is -2.32. The number of amides is 1. The first-order chi connectivity index (χ1) is 23.4. The topological polar surface area (TPSA) is 145 Å². The molecule has 0 spiro atoms. The SMILES string of the molecule is CCCCC(Cc1ccccc1C(=O)OC(C)OC(=O)OC1CCCCC1)C(=O)NCc1ccc(-c2ccccc2-c2nn[nH]n2)cc1. The van der Waals surface area contributed by atoms with Gasteiger partial charge in [-0.1, -0.05) is 92.9 Å². The molecule has 252 valence electrons. The molecule has 1 aromatic heterocycles. The number of nitrogens with one attached hydrogen (secondary N) is 2. The van der Waals surface area contributed by atoms with Crippen LogP contribution in [0.15, 0.2) is 72.8 Å². The Morgan fingerprint density at radius 3 is 2.38 bits per heavy atom. The number of aromatic nitrogens is 4. The Morgan fingerprint density at radius 2 is 1.65 bits per heavy atom. The number of hydrogen-bond donors (Lipinski definition) is 2. The lowest BCUT2D eigenvalue weighted by Gasteiger charge is -2.22. The lowest BCUT2D eigenvalue weighted by molar-refractivity contribution is -0.125. The van der Waals surface area contributed by atoms with Gasteiger partial charge in [-0.25, -0.2) is 9.59 Å². The minimum atomic E-state index is -1.13. The predicted molar refractivity (Wildman–Crippen MR) is 179 cm³/mol. The largest absolute Gasteiger partial charge is 0.511 e. The Labute approximate surface area is 280 Å². The Bertz CT molecular complexity index is 1640. The van der Waals surface area contributed by atoms with Crippen LogP contribution < -0.4 is 5.32 Å². The zero-order chi connectivity index (χ0) is 33.7. The number of rotatable bonds is 14. The van der Waals surface area contributed by atoms with Crippen LogP contribution in [0.5, 0.6) is 0 Å². The van der Waals surface area contributed by atoms with Crippen molar-refractivity contribution in [1.29, 1.82) is 0 Å². The van der Waals surface area contributed by atoms with Gasteiger partial charge < -0.3 is 19.5 Å². The number of nitrogens with zero attached hydrogens (tertiary/aromatic N) is 3. The summed E-state index contributed by atoms with van der Waals surface area (Å²) in [6.07, 6.45) is 5.51. The van der Waals surface area contributed by atoms with Crippen LogP contribution in [0, 0.1) is 5.92 Å². The van der Waals surface area contributed by atoms with Gasteiger partial charge in [-0.3, -0.25) is 4.79 Å². The van der Waals surface area contributed by atoms with E-state index >= 15 is 0 Å². The second-order valence-electron chi connectivity index (χ2n) is 12.1. The molecule has 0 saturated heterocycles. The molecule has 48 heavy (non-hydrogen) atoms. The van der Waals surface area contributed by atoms with E-state index in [1.54, 1.807) is 12.1 Å². The van der Waals surface area contributed by atoms with Gasteiger partial charge in [-0.15, -0.1) is 10.2 Å². The number of unbranched alkanes of at least 4 members (excludes halogenated alkanes) is 1. The van der Waals surface area contributed by atoms with E-state index in [1.807, 2.05) is 60.7 Å².